The molecule has 3 aromatic rings. The molecule has 152 valence electrons. The van der Waals surface area contributed by atoms with Crippen molar-refractivity contribution in [2.45, 2.75) is 20.4 Å². The van der Waals surface area contributed by atoms with Gasteiger partial charge in [-0.05, 0) is 43.2 Å². The van der Waals surface area contributed by atoms with Crippen LogP contribution in [0.5, 0.6) is 0 Å². The van der Waals surface area contributed by atoms with E-state index in [1.54, 1.807) is 4.90 Å². The van der Waals surface area contributed by atoms with Crippen molar-refractivity contribution in [3.05, 3.63) is 75.6 Å². The number of nitrogens with one attached hydrogen (secondary N) is 3. The number of benzene rings is 2. The summed E-state index contributed by atoms with van der Waals surface area (Å²) in [7, 11) is 4.09. The van der Waals surface area contributed by atoms with E-state index in [0.29, 0.717) is 12.1 Å². The number of quaternary nitrogens is 1. The van der Waals surface area contributed by atoms with Gasteiger partial charge in [-0.2, -0.15) is 0 Å². The molecule has 0 aliphatic rings. The van der Waals surface area contributed by atoms with E-state index in [2.05, 4.69) is 16.4 Å². The fourth-order valence-electron chi connectivity index (χ4n) is 3.28. The number of para-hydroxylation sites is 1. The van der Waals surface area contributed by atoms with Crippen LogP contribution < -0.4 is 15.8 Å². The van der Waals surface area contributed by atoms with E-state index in [4.69, 9.17) is 0 Å². The summed E-state index contributed by atoms with van der Waals surface area (Å²) in [4.78, 5) is 31.6. The first-order valence-electron chi connectivity index (χ1n) is 9.87. The Morgan fingerprint density at radius 3 is 2.45 bits per heavy atom. The molecule has 0 atom stereocenters. The average Bonchev–Trinajstić information content (AvgIpc) is 2.69. The topological polar surface area (TPSA) is 69.6 Å². The Kier molecular flexibility index (Phi) is 6.34. The molecule has 0 aliphatic heterocycles. The van der Waals surface area contributed by atoms with Crippen molar-refractivity contribution in [1.82, 2.24) is 9.88 Å². The second-order valence-electron chi connectivity index (χ2n) is 7.79. The third kappa shape index (κ3) is 5.03. The molecule has 6 heteroatoms. The largest absolute Gasteiger partial charge is 0.338 e. The third-order valence-electron chi connectivity index (χ3n) is 5.08. The molecule has 0 fully saturated rings. The standard InChI is InChI=1S/C23H28N4O2/c1-16-10-11-17(2)21-20(16)14-18(22(28)25-21)15-27(13-12-26(3)4)23(29)24-19-8-6-5-7-9-19/h5-11,14H,12-13,15H2,1-4H3,(H,24,29)(H,25,28)/p+1. The van der Waals surface area contributed by atoms with E-state index in [0.717, 1.165) is 34.3 Å². The van der Waals surface area contributed by atoms with E-state index in [1.807, 2.05) is 70.4 Å². The van der Waals surface area contributed by atoms with Crippen molar-refractivity contribution in [2.75, 3.05) is 32.5 Å². The second-order valence-corrected chi connectivity index (χ2v) is 7.79. The number of likely N-dealkylation sites (N-methyl/N-ethyl adjacent to an activating group) is 1. The summed E-state index contributed by atoms with van der Waals surface area (Å²) < 4.78 is 0. The first kappa shape index (κ1) is 20.6. The molecule has 1 heterocycles. The lowest BCUT2D eigenvalue weighted by molar-refractivity contribution is -0.857. The monoisotopic (exact) mass is 393 g/mol. The van der Waals surface area contributed by atoms with Crippen molar-refractivity contribution < 1.29 is 9.69 Å². The Morgan fingerprint density at radius 2 is 1.76 bits per heavy atom. The Morgan fingerprint density at radius 1 is 1.07 bits per heavy atom. The molecule has 0 bridgehead atoms. The van der Waals surface area contributed by atoms with Crippen LogP contribution in [-0.4, -0.2) is 43.1 Å². The highest BCUT2D eigenvalue weighted by Crippen LogP contribution is 2.20. The number of aromatic amines is 1. The van der Waals surface area contributed by atoms with Gasteiger partial charge in [0.05, 0.1) is 39.2 Å². The van der Waals surface area contributed by atoms with Crippen LogP contribution in [0.4, 0.5) is 10.5 Å². The molecule has 0 unspecified atom stereocenters. The molecular formula is C23H29N4O2+. The van der Waals surface area contributed by atoms with E-state index in [1.165, 1.54) is 4.90 Å². The molecule has 3 N–H and O–H groups in total. The summed E-state index contributed by atoms with van der Waals surface area (Å²) >= 11 is 0. The fraction of sp³-hybridized carbons (Fsp3) is 0.304. The number of carbonyl (C=O) groups is 1. The zero-order valence-electron chi connectivity index (χ0n) is 17.5. The summed E-state index contributed by atoms with van der Waals surface area (Å²) in [5.74, 6) is 0. The van der Waals surface area contributed by atoms with Crippen LogP contribution in [-0.2, 0) is 6.54 Å². The van der Waals surface area contributed by atoms with Crippen LogP contribution >= 0.6 is 0 Å². The Hall–Kier alpha value is -3.12. The van der Waals surface area contributed by atoms with E-state index in [9.17, 15) is 9.59 Å². The summed E-state index contributed by atoms with van der Waals surface area (Å²) in [5, 5.41) is 3.94. The Balaban J connectivity index is 1.90. The lowest BCUT2D eigenvalue weighted by Gasteiger charge is -2.24. The van der Waals surface area contributed by atoms with E-state index in [-0.39, 0.29) is 18.1 Å². The number of aryl methyl sites for hydroxylation is 2. The van der Waals surface area contributed by atoms with Gasteiger partial charge < -0.3 is 20.1 Å². The first-order chi connectivity index (χ1) is 13.8. The lowest BCUT2D eigenvalue weighted by Crippen LogP contribution is -3.06. The minimum Gasteiger partial charge on any atom is -0.338 e. The molecule has 0 spiro atoms. The number of rotatable bonds is 6. The number of aromatic nitrogens is 1. The number of carbonyl (C=O) groups excluding carboxylic acids is 1. The number of nitrogens with zero attached hydrogens (tertiary/aromatic N) is 1. The van der Waals surface area contributed by atoms with Crippen molar-refractivity contribution in [3.63, 3.8) is 0 Å². The highest BCUT2D eigenvalue weighted by Gasteiger charge is 2.18. The minimum absolute atomic E-state index is 0.152. The smallest absolute Gasteiger partial charge is 0.322 e. The third-order valence-corrected chi connectivity index (χ3v) is 5.08. The zero-order valence-corrected chi connectivity index (χ0v) is 17.5. The van der Waals surface area contributed by atoms with Crippen molar-refractivity contribution >= 4 is 22.6 Å². The SMILES string of the molecule is Cc1ccc(C)c2[nH]c(=O)c(CN(CC[NH+](C)C)C(=O)Nc3ccccc3)cc12. The van der Waals surface area contributed by atoms with Gasteiger partial charge in [0.25, 0.3) is 5.56 Å². The number of hydrogen-bond donors (Lipinski definition) is 3. The lowest BCUT2D eigenvalue weighted by atomic mass is 10.0. The van der Waals surface area contributed by atoms with E-state index < -0.39 is 0 Å². The average molecular weight is 394 g/mol. The number of fused-ring (bicyclic) bond motifs is 1. The number of H-pyrrole nitrogens is 1. The summed E-state index contributed by atoms with van der Waals surface area (Å²) in [6.07, 6.45) is 0. The van der Waals surface area contributed by atoms with Crippen LogP contribution in [0.1, 0.15) is 16.7 Å². The molecule has 29 heavy (non-hydrogen) atoms. The highest BCUT2D eigenvalue weighted by molar-refractivity contribution is 5.89. The van der Waals surface area contributed by atoms with Gasteiger partial charge in [0.2, 0.25) is 0 Å². The molecule has 2 amide bonds. The van der Waals surface area contributed by atoms with Crippen molar-refractivity contribution in [2.24, 2.45) is 0 Å². The van der Waals surface area contributed by atoms with E-state index >= 15 is 0 Å². The Labute approximate surface area is 171 Å². The van der Waals surface area contributed by atoms with Crippen molar-refractivity contribution in [3.8, 4) is 0 Å². The Bertz CT molecular complexity index is 1060. The predicted octanol–water partition coefficient (Wildman–Crippen LogP) is 2.32. The number of hydrogen-bond acceptors (Lipinski definition) is 2. The summed E-state index contributed by atoms with van der Waals surface area (Å²) in [6.45, 7) is 5.59. The summed E-state index contributed by atoms with van der Waals surface area (Å²) in [5.41, 5.74) is 4.16. The van der Waals surface area contributed by atoms with Crippen LogP contribution in [0.3, 0.4) is 0 Å². The van der Waals surface area contributed by atoms with Crippen LogP contribution in [0.25, 0.3) is 10.9 Å². The van der Waals surface area contributed by atoms with Gasteiger partial charge in [0, 0.05) is 16.6 Å². The van der Waals surface area contributed by atoms with Crippen LogP contribution in [0.2, 0.25) is 0 Å². The predicted molar refractivity (Wildman–Crippen MR) is 118 cm³/mol. The normalized spacial score (nSPS) is 11.1. The number of amides is 2. The number of urea groups is 1. The van der Waals surface area contributed by atoms with Gasteiger partial charge in [-0.25, -0.2) is 4.79 Å². The van der Waals surface area contributed by atoms with Crippen molar-refractivity contribution in [1.29, 1.82) is 0 Å². The zero-order chi connectivity index (χ0) is 21.0. The maximum atomic E-state index is 12.9. The van der Waals surface area contributed by atoms with Crippen LogP contribution in [0, 0.1) is 13.8 Å². The van der Waals surface area contributed by atoms with Gasteiger partial charge in [0.15, 0.2) is 0 Å². The maximum absolute atomic E-state index is 12.9. The first-order valence-corrected chi connectivity index (χ1v) is 9.87. The fourth-order valence-corrected chi connectivity index (χ4v) is 3.28. The summed E-state index contributed by atoms with van der Waals surface area (Å²) in [6, 6.07) is 15.1. The molecule has 0 aliphatic carbocycles. The molecular weight excluding hydrogens is 364 g/mol. The maximum Gasteiger partial charge on any atom is 0.322 e. The van der Waals surface area contributed by atoms with Gasteiger partial charge in [-0.3, -0.25) is 4.79 Å². The quantitative estimate of drug-likeness (QED) is 0.602. The highest BCUT2D eigenvalue weighted by atomic mass is 16.2. The molecule has 2 aromatic carbocycles. The van der Waals surface area contributed by atoms with Gasteiger partial charge in [-0.1, -0.05) is 30.3 Å². The molecule has 6 nitrogen and oxygen atoms in total. The molecule has 1 aromatic heterocycles. The molecule has 3 rings (SSSR count). The molecule has 0 radical (unpaired) electrons. The minimum atomic E-state index is -0.210. The number of pyridine rings is 1. The van der Waals surface area contributed by atoms with Crippen LogP contribution in [0.15, 0.2) is 53.3 Å². The van der Waals surface area contributed by atoms with Gasteiger partial charge in [-0.15, -0.1) is 0 Å². The molecule has 0 saturated carbocycles. The van der Waals surface area contributed by atoms with Gasteiger partial charge in [0.1, 0.15) is 0 Å². The second kappa shape index (κ2) is 8.92. The number of anilines is 1. The van der Waals surface area contributed by atoms with Gasteiger partial charge >= 0.3 is 6.03 Å². The molecule has 0 saturated heterocycles.